The molecule has 2 heteroatoms. The fourth-order valence-electron chi connectivity index (χ4n) is 5.25. The SMILES string of the molecule is N#Cc1ccc2c(c1)CCC(C[P+](c1ccccc1)(c1ccccc1)c1ccccc1)C2. The summed E-state index contributed by atoms with van der Waals surface area (Å²) < 4.78 is 0. The van der Waals surface area contributed by atoms with E-state index in [1.54, 1.807) is 0 Å². The molecule has 0 aliphatic heterocycles. The average molecular weight is 433 g/mol. The second-order valence-corrected chi connectivity index (χ2v) is 12.2. The van der Waals surface area contributed by atoms with Crippen molar-refractivity contribution in [2.75, 3.05) is 6.16 Å². The minimum absolute atomic E-state index is 0.615. The Morgan fingerprint density at radius 1 is 0.688 bits per heavy atom. The Bertz CT molecular complexity index is 1130. The lowest BCUT2D eigenvalue weighted by molar-refractivity contribution is 0.507. The topological polar surface area (TPSA) is 23.8 Å². The zero-order valence-electron chi connectivity index (χ0n) is 18.2. The van der Waals surface area contributed by atoms with Crippen molar-refractivity contribution in [1.82, 2.24) is 0 Å². The number of nitrogens with zero attached hydrogens (tertiary/aromatic N) is 1. The fraction of sp³-hybridized carbons (Fsp3) is 0.167. The van der Waals surface area contributed by atoms with Crippen LogP contribution < -0.4 is 15.9 Å². The molecular weight excluding hydrogens is 405 g/mol. The molecule has 32 heavy (non-hydrogen) atoms. The summed E-state index contributed by atoms with van der Waals surface area (Å²) in [7, 11) is -1.80. The van der Waals surface area contributed by atoms with Gasteiger partial charge in [0.15, 0.2) is 0 Å². The smallest absolute Gasteiger partial charge is 0.112 e. The summed E-state index contributed by atoms with van der Waals surface area (Å²) in [5, 5.41) is 13.7. The summed E-state index contributed by atoms with van der Waals surface area (Å²) >= 11 is 0. The van der Waals surface area contributed by atoms with Crippen molar-refractivity contribution < 1.29 is 0 Å². The molecule has 0 bridgehead atoms. The number of fused-ring (bicyclic) bond motifs is 1. The molecule has 1 aliphatic carbocycles. The highest BCUT2D eigenvalue weighted by molar-refractivity contribution is 7.95. The van der Waals surface area contributed by atoms with Crippen LogP contribution in [0.15, 0.2) is 109 Å². The summed E-state index contributed by atoms with van der Waals surface area (Å²) in [4.78, 5) is 0. The van der Waals surface area contributed by atoms with Crippen molar-refractivity contribution >= 4 is 23.2 Å². The molecule has 0 heterocycles. The van der Waals surface area contributed by atoms with Gasteiger partial charge in [-0.3, -0.25) is 0 Å². The van der Waals surface area contributed by atoms with E-state index in [0.717, 1.165) is 18.4 Å². The largest absolute Gasteiger partial charge is 0.192 e. The second kappa shape index (κ2) is 9.12. The molecule has 0 amide bonds. The highest BCUT2D eigenvalue weighted by Crippen LogP contribution is 2.57. The van der Waals surface area contributed by atoms with Crippen molar-refractivity contribution in [1.29, 1.82) is 5.26 Å². The number of nitriles is 1. The first-order valence-corrected chi connectivity index (χ1v) is 13.3. The predicted molar refractivity (Wildman–Crippen MR) is 137 cm³/mol. The molecule has 1 atom stereocenters. The molecule has 1 nitrogen and oxygen atoms in total. The summed E-state index contributed by atoms with van der Waals surface area (Å²) in [5.74, 6) is 0.615. The highest BCUT2D eigenvalue weighted by atomic mass is 31.2. The molecule has 0 saturated heterocycles. The van der Waals surface area contributed by atoms with Gasteiger partial charge >= 0.3 is 0 Å². The third-order valence-electron chi connectivity index (χ3n) is 6.79. The van der Waals surface area contributed by atoms with Gasteiger partial charge in [0, 0.05) is 0 Å². The van der Waals surface area contributed by atoms with Crippen molar-refractivity contribution in [3.8, 4) is 6.07 Å². The molecule has 0 aromatic heterocycles. The number of hydrogen-bond acceptors (Lipinski definition) is 1. The quantitative estimate of drug-likeness (QED) is 0.374. The Labute approximate surface area is 191 Å². The first-order chi connectivity index (χ1) is 15.8. The molecule has 0 spiro atoms. The van der Waals surface area contributed by atoms with E-state index in [2.05, 4.69) is 109 Å². The molecule has 0 fully saturated rings. The number of aryl methyl sites for hydroxylation is 1. The van der Waals surface area contributed by atoms with Gasteiger partial charge in [-0.2, -0.15) is 5.26 Å². The van der Waals surface area contributed by atoms with Crippen molar-refractivity contribution in [3.05, 3.63) is 126 Å². The maximum Gasteiger partial charge on any atom is 0.112 e. The lowest BCUT2D eigenvalue weighted by Crippen LogP contribution is -2.36. The van der Waals surface area contributed by atoms with Crippen LogP contribution in [0, 0.1) is 17.2 Å². The molecule has 1 aliphatic rings. The van der Waals surface area contributed by atoms with E-state index in [1.165, 1.54) is 39.6 Å². The molecule has 0 saturated carbocycles. The van der Waals surface area contributed by atoms with E-state index in [1.807, 2.05) is 6.07 Å². The van der Waals surface area contributed by atoms with Crippen LogP contribution >= 0.6 is 7.26 Å². The molecule has 4 aromatic carbocycles. The van der Waals surface area contributed by atoms with E-state index < -0.39 is 7.26 Å². The Kier molecular flexibility index (Phi) is 5.89. The Morgan fingerprint density at radius 3 is 1.72 bits per heavy atom. The molecule has 5 rings (SSSR count). The molecule has 4 aromatic rings. The van der Waals surface area contributed by atoms with E-state index >= 15 is 0 Å². The molecule has 0 radical (unpaired) electrons. The number of hydrogen-bond donors (Lipinski definition) is 0. The summed E-state index contributed by atoms with van der Waals surface area (Å²) in [5.41, 5.74) is 3.57. The molecular formula is C30H27NP+. The summed E-state index contributed by atoms with van der Waals surface area (Å²) in [6.45, 7) is 0. The summed E-state index contributed by atoms with van der Waals surface area (Å²) in [6.07, 6.45) is 4.50. The van der Waals surface area contributed by atoms with E-state index in [9.17, 15) is 5.26 Å². The van der Waals surface area contributed by atoms with Crippen LogP contribution in [-0.2, 0) is 12.8 Å². The van der Waals surface area contributed by atoms with Crippen LogP contribution in [-0.4, -0.2) is 6.16 Å². The maximum atomic E-state index is 9.28. The van der Waals surface area contributed by atoms with Crippen LogP contribution in [0.4, 0.5) is 0 Å². The van der Waals surface area contributed by atoms with Gasteiger partial charge in [0.05, 0.1) is 17.8 Å². The van der Waals surface area contributed by atoms with Gasteiger partial charge in [-0.1, -0.05) is 60.7 Å². The van der Waals surface area contributed by atoms with Gasteiger partial charge < -0.3 is 0 Å². The monoisotopic (exact) mass is 432 g/mol. The summed E-state index contributed by atoms with van der Waals surface area (Å²) in [6, 6.07) is 42.1. The second-order valence-electron chi connectivity index (χ2n) is 8.70. The average Bonchev–Trinajstić information content (AvgIpc) is 2.88. The normalized spacial score (nSPS) is 15.5. The minimum Gasteiger partial charge on any atom is -0.192 e. The predicted octanol–water partition coefficient (Wildman–Crippen LogP) is 5.66. The van der Waals surface area contributed by atoms with Crippen LogP contribution in [0.3, 0.4) is 0 Å². The van der Waals surface area contributed by atoms with Crippen molar-refractivity contribution in [2.24, 2.45) is 5.92 Å². The Morgan fingerprint density at radius 2 is 1.22 bits per heavy atom. The molecule has 0 N–H and O–H groups in total. The van der Waals surface area contributed by atoms with Gasteiger partial charge in [-0.25, -0.2) is 0 Å². The molecule has 1 unspecified atom stereocenters. The van der Waals surface area contributed by atoms with Gasteiger partial charge in [0.25, 0.3) is 0 Å². The van der Waals surface area contributed by atoms with E-state index in [0.29, 0.717) is 5.92 Å². The van der Waals surface area contributed by atoms with Crippen molar-refractivity contribution in [2.45, 2.75) is 19.3 Å². The Hall–Kier alpha value is -3.20. The van der Waals surface area contributed by atoms with E-state index in [-0.39, 0.29) is 0 Å². The van der Waals surface area contributed by atoms with Crippen LogP contribution in [0.25, 0.3) is 0 Å². The van der Waals surface area contributed by atoms with Crippen LogP contribution in [0.2, 0.25) is 0 Å². The third kappa shape index (κ3) is 3.88. The lowest BCUT2D eigenvalue weighted by atomic mass is 9.84. The minimum atomic E-state index is -1.80. The van der Waals surface area contributed by atoms with Gasteiger partial charge in [0.1, 0.15) is 23.2 Å². The number of benzene rings is 4. The van der Waals surface area contributed by atoms with Gasteiger partial charge in [-0.05, 0) is 84.8 Å². The molecule has 156 valence electrons. The van der Waals surface area contributed by atoms with Gasteiger partial charge in [-0.15, -0.1) is 0 Å². The highest BCUT2D eigenvalue weighted by Gasteiger charge is 2.47. The van der Waals surface area contributed by atoms with Gasteiger partial charge in [0.2, 0.25) is 0 Å². The first-order valence-electron chi connectivity index (χ1n) is 11.4. The van der Waals surface area contributed by atoms with E-state index in [4.69, 9.17) is 0 Å². The number of rotatable bonds is 5. The standard InChI is InChI=1S/C30H27NP/c31-22-24-16-18-27-21-25(17-19-26(27)20-24)23-32(28-10-4-1-5-11-28,29-12-6-2-7-13-29)30-14-8-3-9-15-30/h1-16,18,20,25H,17,19,21,23H2/q+1. The Balaban J connectivity index is 1.61. The lowest BCUT2D eigenvalue weighted by Gasteiger charge is -2.33. The first kappa shape index (κ1) is 20.7. The fourth-order valence-corrected chi connectivity index (χ4v) is 9.91. The van der Waals surface area contributed by atoms with Crippen LogP contribution in [0.1, 0.15) is 23.1 Å². The zero-order valence-corrected chi connectivity index (χ0v) is 19.1. The zero-order chi connectivity index (χ0) is 21.8. The van der Waals surface area contributed by atoms with Crippen LogP contribution in [0.5, 0.6) is 0 Å². The third-order valence-corrected chi connectivity index (χ3v) is 11.4. The van der Waals surface area contributed by atoms with Crippen molar-refractivity contribution in [3.63, 3.8) is 0 Å². The maximum absolute atomic E-state index is 9.28.